The summed E-state index contributed by atoms with van der Waals surface area (Å²) in [6.07, 6.45) is 2.98. The summed E-state index contributed by atoms with van der Waals surface area (Å²) >= 11 is 0. The molecule has 190 valence electrons. The van der Waals surface area contributed by atoms with Crippen LogP contribution in [0.3, 0.4) is 0 Å². The molecule has 3 fully saturated rings. The Morgan fingerprint density at radius 3 is 2.28 bits per heavy atom. The Balaban J connectivity index is 1.53. The molecular formula is C26H27FN2O6S. The Hall–Kier alpha value is -3.08. The first-order valence-electron chi connectivity index (χ1n) is 12.0. The van der Waals surface area contributed by atoms with Gasteiger partial charge in [-0.05, 0) is 67.6 Å². The fourth-order valence-corrected chi connectivity index (χ4v) is 6.60. The predicted octanol–water partition coefficient (Wildman–Crippen LogP) is 3.21. The van der Waals surface area contributed by atoms with Crippen LogP contribution >= 0.6 is 0 Å². The van der Waals surface area contributed by atoms with E-state index in [4.69, 9.17) is 4.74 Å². The van der Waals surface area contributed by atoms with E-state index in [1.54, 1.807) is 0 Å². The van der Waals surface area contributed by atoms with E-state index >= 15 is 0 Å². The SMILES string of the molecule is O=C1C(=O)N(CC2CCCO2)C(c2ccc(F)cc2)/C1=C(\O)c1ccc(S(=O)(=O)N2CCCC2)cc1. The predicted molar refractivity (Wildman–Crippen MR) is 129 cm³/mol. The van der Waals surface area contributed by atoms with Gasteiger partial charge in [-0.25, -0.2) is 12.8 Å². The van der Waals surface area contributed by atoms with Crippen molar-refractivity contribution in [1.82, 2.24) is 9.21 Å². The Bertz CT molecular complexity index is 1290. The van der Waals surface area contributed by atoms with Crippen LogP contribution in [-0.4, -0.2) is 66.8 Å². The van der Waals surface area contributed by atoms with Gasteiger partial charge in [0.25, 0.3) is 11.7 Å². The summed E-state index contributed by atoms with van der Waals surface area (Å²) in [6.45, 7) is 1.67. The molecule has 5 rings (SSSR count). The van der Waals surface area contributed by atoms with Crippen LogP contribution in [0.15, 0.2) is 59.0 Å². The van der Waals surface area contributed by atoms with E-state index in [2.05, 4.69) is 0 Å². The van der Waals surface area contributed by atoms with Crippen LogP contribution in [0.2, 0.25) is 0 Å². The highest BCUT2D eigenvalue weighted by Gasteiger charge is 2.47. The quantitative estimate of drug-likeness (QED) is 0.361. The van der Waals surface area contributed by atoms with Gasteiger partial charge in [0.05, 0.1) is 22.6 Å². The Morgan fingerprint density at radius 2 is 1.67 bits per heavy atom. The monoisotopic (exact) mass is 514 g/mol. The molecule has 0 saturated carbocycles. The van der Waals surface area contributed by atoms with E-state index in [9.17, 15) is 27.5 Å². The zero-order valence-corrected chi connectivity index (χ0v) is 20.4. The van der Waals surface area contributed by atoms with E-state index in [1.807, 2.05) is 0 Å². The second-order valence-electron chi connectivity index (χ2n) is 9.27. The van der Waals surface area contributed by atoms with Crippen LogP contribution in [0, 0.1) is 5.82 Å². The van der Waals surface area contributed by atoms with E-state index < -0.39 is 39.3 Å². The minimum Gasteiger partial charge on any atom is -0.507 e. The second kappa shape index (κ2) is 9.76. The maximum atomic E-state index is 13.6. The molecule has 0 bridgehead atoms. The molecule has 2 atom stereocenters. The molecule has 36 heavy (non-hydrogen) atoms. The summed E-state index contributed by atoms with van der Waals surface area (Å²) in [7, 11) is -3.64. The molecule has 8 nitrogen and oxygen atoms in total. The maximum absolute atomic E-state index is 13.6. The van der Waals surface area contributed by atoms with Gasteiger partial charge in [-0.1, -0.05) is 12.1 Å². The number of benzene rings is 2. The number of sulfonamides is 1. The highest BCUT2D eigenvalue weighted by atomic mass is 32.2. The number of likely N-dealkylation sites (tertiary alicyclic amines) is 1. The molecule has 2 unspecified atom stereocenters. The van der Waals surface area contributed by atoms with Crippen molar-refractivity contribution in [3.8, 4) is 0 Å². The lowest BCUT2D eigenvalue weighted by Gasteiger charge is -2.27. The second-order valence-corrected chi connectivity index (χ2v) is 11.2. The fourth-order valence-electron chi connectivity index (χ4n) is 5.09. The largest absolute Gasteiger partial charge is 0.507 e. The Labute approximate surface area is 209 Å². The van der Waals surface area contributed by atoms with E-state index in [1.165, 1.54) is 57.7 Å². The number of carbonyl (C=O) groups excluding carboxylic acids is 2. The van der Waals surface area contributed by atoms with Crippen molar-refractivity contribution in [3.63, 3.8) is 0 Å². The van der Waals surface area contributed by atoms with Crippen LogP contribution in [0.4, 0.5) is 4.39 Å². The van der Waals surface area contributed by atoms with Crippen molar-refractivity contribution in [2.45, 2.75) is 42.7 Å². The van der Waals surface area contributed by atoms with Crippen LogP contribution in [0.1, 0.15) is 42.9 Å². The van der Waals surface area contributed by atoms with Gasteiger partial charge in [0.2, 0.25) is 10.0 Å². The number of halogens is 1. The van der Waals surface area contributed by atoms with Crippen molar-refractivity contribution in [2.75, 3.05) is 26.2 Å². The lowest BCUT2D eigenvalue weighted by Crippen LogP contribution is -2.36. The van der Waals surface area contributed by atoms with Gasteiger partial charge in [0.15, 0.2) is 0 Å². The molecule has 3 aliphatic rings. The number of aliphatic hydroxyl groups excluding tert-OH is 1. The van der Waals surface area contributed by atoms with Crippen LogP contribution in [-0.2, 0) is 24.3 Å². The number of hydrogen-bond acceptors (Lipinski definition) is 6. The summed E-state index contributed by atoms with van der Waals surface area (Å²) in [5, 5.41) is 11.2. The Morgan fingerprint density at radius 1 is 1.00 bits per heavy atom. The summed E-state index contributed by atoms with van der Waals surface area (Å²) in [6, 6.07) is 10.1. The molecule has 2 aromatic carbocycles. The third kappa shape index (κ3) is 4.44. The molecule has 0 aliphatic carbocycles. The first kappa shape index (κ1) is 24.6. The third-order valence-corrected chi connectivity index (χ3v) is 8.89. The van der Waals surface area contributed by atoms with Gasteiger partial charge in [0, 0.05) is 31.8 Å². The van der Waals surface area contributed by atoms with Crippen molar-refractivity contribution in [3.05, 3.63) is 71.0 Å². The van der Waals surface area contributed by atoms with Crippen LogP contribution < -0.4 is 0 Å². The number of amides is 1. The fraction of sp³-hybridized carbons (Fsp3) is 0.385. The summed E-state index contributed by atoms with van der Waals surface area (Å²) in [4.78, 5) is 27.6. The van der Waals surface area contributed by atoms with Gasteiger partial charge < -0.3 is 14.7 Å². The minimum atomic E-state index is -3.64. The molecule has 0 radical (unpaired) electrons. The van der Waals surface area contributed by atoms with Gasteiger partial charge in [-0.15, -0.1) is 0 Å². The summed E-state index contributed by atoms with van der Waals surface area (Å²) in [5.74, 6) is -2.50. The molecule has 3 saturated heterocycles. The van der Waals surface area contributed by atoms with E-state index in [-0.39, 0.29) is 28.7 Å². The number of nitrogens with zero attached hydrogens (tertiary/aromatic N) is 2. The molecule has 3 heterocycles. The first-order valence-corrected chi connectivity index (χ1v) is 13.5. The number of ketones is 1. The Kier molecular flexibility index (Phi) is 6.67. The zero-order valence-electron chi connectivity index (χ0n) is 19.6. The lowest BCUT2D eigenvalue weighted by molar-refractivity contribution is -0.140. The smallest absolute Gasteiger partial charge is 0.295 e. The highest BCUT2D eigenvalue weighted by Crippen LogP contribution is 2.40. The molecule has 3 aliphatic heterocycles. The van der Waals surface area contributed by atoms with Gasteiger partial charge >= 0.3 is 0 Å². The number of aliphatic hydroxyl groups is 1. The first-order chi connectivity index (χ1) is 17.3. The van der Waals surface area contributed by atoms with Gasteiger partial charge in [-0.2, -0.15) is 4.31 Å². The normalized spacial score (nSPS) is 24.6. The molecule has 2 aromatic rings. The number of rotatable bonds is 6. The topological polar surface area (TPSA) is 104 Å². The number of Topliss-reactive ketones (excluding diaryl/α,β-unsaturated/α-hetero) is 1. The van der Waals surface area contributed by atoms with Gasteiger partial charge in [-0.3, -0.25) is 9.59 Å². The van der Waals surface area contributed by atoms with Crippen molar-refractivity contribution < 1.29 is 32.2 Å². The number of hydrogen-bond donors (Lipinski definition) is 1. The average molecular weight is 515 g/mol. The maximum Gasteiger partial charge on any atom is 0.295 e. The lowest BCUT2D eigenvalue weighted by atomic mass is 9.95. The average Bonchev–Trinajstić information content (AvgIpc) is 3.64. The standard InChI is InChI=1S/C26H27FN2O6S/c27-19-9-5-17(6-10-19)23-22(25(31)26(32)29(23)16-20-4-3-15-35-20)24(30)18-7-11-21(12-8-18)36(33,34)28-13-1-2-14-28/h5-12,20,23,30H,1-4,13-16H2/b24-22+. The van der Waals surface area contributed by atoms with Crippen molar-refractivity contribution in [2.24, 2.45) is 0 Å². The van der Waals surface area contributed by atoms with Crippen molar-refractivity contribution in [1.29, 1.82) is 0 Å². The summed E-state index contributed by atoms with van der Waals surface area (Å²) < 4.78 is 46.4. The number of ether oxygens (including phenoxy) is 1. The summed E-state index contributed by atoms with van der Waals surface area (Å²) in [5.41, 5.74) is 0.556. The molecule has 0 spiro atoms. The minimum absolute atomic E-state index is 0.0925. The van der Waals surface area contributed by atoms with E-state index in [0.29, 0.717) is 25.3 Å². The molecular weight excluding hydrogens is 487 g/mol. The highest BCUT2D eigenvalue weighted by molar-refractivity contribution is 7.89. The third-order valence-electron chi connectivity index (χ3n) is 6.98. The zero-order chi connectivity index (χ0) is 25.4. The van der Waals surface area contributed by atoms with Crippen molar-refractivity contribution >= 4 is 27.5 Å². The van der Waals surface area contributed by atoms with Crippen LogP contribution in [0.25, 0.3) is 5.76 Å². The molecule has 10 heteroatoms. The molecule has 1 N–H and O–H groups in total. The van der Waals surface area contributed by atoms with Crippen LogP contribution in [0.5, 0.6) is 0 Å². The number of carbonyl (C=O) groups is 2. The molecule has 1 amide bonds. The molecule has 0 aromatic heterocycles. The van der Waals surface area contributed by atoms with E-state index in [0.717, 1.165) is 25.7 Å². The van der Waals surface area contributed by atoms with Gasteiger partial charge in [0.1, 0.15) is 11.6 Å².